The van der Waals surface area contributed by atoms with Crippen LogP contribution in [-0.4, -0.2) is 22.8 Å². The van der Waals surface area contributed by atoms with Crippen LogP contribution in [0.2, 0.25) is 0 Å². The predicted molar refractivity (Wildman–Crippen MR) is 88.2 cm³/mol. The van der Waals surface area contributed by atoms with E-state index in [4.69, 9.17) is 0 Å². The first-order valence-electron chi connectivity index (χ1n) is 7.25. The number of aryl methyl sites for hydroxylation is 1. The Kier molecular flexibility index (Phi) is 4.21. The van der Waals surface area contributed by atoms with Gasteiger partial charge in [-0.2, -0.15) is 5.10 Å². The van der Waals surface area contributed by atoms with Gasteiger partial charge in [-0.25, -0.2) is 10.2 Å². The molecule has 0 unspecified atom stereocenters. The first kappa shape index (κ1) is 15.0. The molecule has 0 atom stereocenters. The summed E-state index contributed by atoms with van der Waals surface area (Å²) in [6.07, 6.45) is 0. The van der Waals surface area contributed by atoms with E-state index in [9.17, 15) is 4.79 Å². The smallest absolute Gasteiger partial charge is 0.274 e. The fourth-order valence-electron chi connectivity index (χ4n) is 2.42. The lowest BCUT2D eigenvalue weighted by Crippen LogP contribution is -2.21. The van der Waals surface area contributed by atoms with Crippen LogP contribution in [0.25, 0.3) is 16.9 Å². The maximum Gasteiger partial charge on any atom is 0.274 e. The molecular formula is C18H17N3O2. The first-order valence-corrected chi connectivity index (χ1v) is 7.25. The number of nitrogens with zero attached hydrogens (tertiary/aromatic N) is 2. The number of aromatic nitrogens is 2. The summed E-state index contributed by atoms with van der Waals surface area (Å²) in [7, 11) is 1.41. The lowest BCUT2D eigenvalue weighted by Gasteiger charge is -2.08. The van der Waals surface area contributed by atoms with Crippen LogP contribution < -0.4 is 5.48 Å². The van der Waals surface area contributed by atoms with E-state index in [1.807, 2.05) is 60.1 Å². The number of amides is 1. The molecule has 0 aliphatic heterocycles. The van der Waals surface area contributed by atoms with Crippen LogP contribution in [0, 0.1) is 6.92 Å². The van der Waals surface area contributed by atoms with Crippen molar-refractivity contribution in [3.8, 4) is 16.9 Å². The zero-order chi connectivity index (χ0) is 16.2. The Morgan fingerprint density at radius 1 is 1.09 bits per heavy atom. The van der Waals surface area contributed by atoms with Crippen molar-refractivity contribution >= 4 is 5.91 Å². The van der Waals surface area contributed by atoms with Gasteiger partial charge in [-0.3, -0.25) is 9.63 Å². The largest absolute Gasteiger partial charge is 0.277 e. The molecule has 1 N–H and O–H groups in total. The van der Waals surface area contributed by atoms with Gasteiger partial charge in [0.15, 0.2) is 0 Å². The van der Waals surface area contributed by atoms with E-state index in [0.717, 1.165) is 22.6 Å². The van der Waals surface area contributed by atoms with Gasteiger partial charge in [0.25, 0.3) is 5.91 Å². The second kappa shape index (κ2) is 6.46. The van der Waals surface area contributed by atoms with Crippen LogP contribution in [0.1, 0.15) is 16.1 Å². The quantitative estimate of drug-likeness (QED) is 0.753. The van der Waals surface area contributed by atoms with Crippen molar-refractivity contribution in [3.05, 3.63) is 71.9 Å². The molecule has 1 aromatic heterocycles. The molecule has 0 saturated carbocycles. The Labute approximate surface area is 134 Å². The molecule has 0 radical (unpaired) electrons. The Morgan fingerprint density at radius 2 is 1.78 bits per heavy atom. The molecule has 1 heterocycles. The standard InChI is InChI=1S/C18H17N3O2/c1-13-12-17(14-6-4-3-5-7-14)21(19-13)16-10-8-15(9-11-16)18(22)20-23-2/h3-12H,1-2H3,(H,20,22). The highest BCUT2D eigenvalue weighted by Crippen LogP contribution is 2.23. The maximum atomic E-state index is 11.7. The number of carbonyl (C=O) groups is 1. The highest BCUT2D eigenvalue weighted by Gasteiger charge is 2.11. The van der Waals surface area contributed by atoms with Crippen molar-refractivity contribution in [1.82, 2.24) is 15.3 Å². The minimum atomic E-state index is -0.279. The average molecular weight is 307 g/mol. The van der Waals surface area contributed by atoms with Crippen molar-refractivity contribution in [3.63, 3.8) is 0 Å². The third kappa shape index (κ3) is 3.14. The van der Waals surface area contributed by atoms with Gasteiger partial charge in [0.05, 0.1) is 24.2 Å². The van der Waals surface area contributed by atoms with E-state index in [1.54, 1.807) is 12.1 Å². The number of hydroxylamine groups is 1. The topological polar surface area (TPSA) is 56.1 Å². The molecule has 0 aliphatic rings. The van der Waals surface area contributed by atoms with Crippen molar-refractivity contribution in [2.24, 2.45) is 0 Å². The molecule has 1 amide bonds. The monoisotopic (exact) mass is 307 g/mol. The average Bonchev–Trinajstić information content (AvgIpc) is 2.98. The molecular weight excluding hydrogens is 290 g/mol. The van der Waals surface area contributed by atoms with Crippen LogP contribution in [-0.2, 0) is 4.84 Å². The Hall–Kier alpha value is -2.92. The molecule has 23 heavy (non-hydrogen) atoms. The predicted octanol–water partition coefficient (Wildman–Crippen LogP) is 3.14. The minimum absolute atomic E-state index is 0.279. The van der Waals surface area contributed by atoms with Crippen LogP contribution >= 0.6 is 0 Å². The van der Waals surface area contributed by atoms with Crippen LogP contribution in [0.3, 0.4) is 0 Å². The molecule has 5 nitrogen and oxygen atoms in total. The highest BCUT2D eigenvalue weighted by molar-refractivity contribution is 5.93. The van der Waals surface area contributed by atoms with Gasteiger partial charge < -0.3 is 0 Å². The second-order valence-electron chi connectivity index (χ2n) is 5.13. The molecule has 3 aromatic rings. The van der Waals surface area contributed by atoms with E-state index >= 15 is 0 Å². The molecule has 0 spiro atoms. The van der Waals surface area contributed by atoms with Crippen molar-refractivity contribution < 1.29 is 9.63 Å². The Morgan fingerprint density at radius 3 is 2.43 bits per heavy atom. The summed E-state index contributed by atoms with van der Waals surface area (Å²) in [4.78, 5) is 16.4. The summed E-state index contributed by atoms with van der Waals surface area (Å²) in [5.41, 5.74) is 6.76. The lowest BCUT2D eigenvalue weighted by molar-refractivity contribution is 0.0537. The van der Waals surface area contributed by atoms with E-state index in [1.165, 1.54) is 7.11 Å². The minimum Gasteiger partial charge on any atom is -0.277 e. The number of carbonyl (C=O) groups excluding carboxylic acids is 1. The summed E-state index contributed by atoms with van der Waals surface area (Å²) in [6, 6.07) is 19.3. The molecule has 2 aromatic carbocycles. The van der Waals surface area contributed by atoms with Gasteiger partial charge in [-0.1, -0.05) is 30.3 Å². The van der Waals surface area contributed by atoms with Crippen LogP contribution in [0.5, 0.6) is 0 Å². The Bertz CT molecular complexity index is 808. The maximum absolute atomic E-state index is 11.7. The fourth-order valence-corrected chi connectivity index (χ4v) is 2.42. The second-order valence-corrected chi connectivity index (χ2v) is 5.13. The van der Waals surface area contributed by atoms with E-state index < -0.39 is 0 Å². The molecule has 0 saturated heterocycles. The molecule has 3 rings (SSSR count). The van der Waals surface area contributed by atoms with Crippen molar-refractivity contribution in [2.45, 2.75) is 6.92 Å². The zero-order valence-corrected chi connectivity index (χ0v) is 13.0. The molecule has 0 fully saturated rings. The number of rotatable bonds is 4. The van der Waals surface area contributed by atoms with Crippen molar-refractivity contribution in [2.75, 3.05) is 7.11 Å². The summed E-state index contributed by atoms with van der Waals surface area (Å²) in [5.74, 6) is -0.279. The summed E-state index contributed by atoms with van der Waals surface area (Å²) in [6.45, 7) is 1.96. The number of hydrogen-bond acceptors (Lipinski definition) is 3. The first-order chi connectivity index (χ1) is 11.2. The Balaban J connectivity index is 1.98. The molecule has 0 aliphatic carbocycles. The normalized spacial score (nSPS) is 10.5. The van der Waals surface area contributed by atoms with Gasteiger partial charge in [0.2, 0.25) is 0 Å². The molecule has 0 bridgehead atoms. The van der Waals surface area contributed by atoms with E-state index in [-0.39, 0.29) is 5.91 Å². The summed E-state index contributed by atoms with van der Waals surface area (Å²) < 4.78 is 1.88. The van der Waals surface area contributed by atoms with Gasteiger partial charge in [-0.05, 0) is 37.3 Å². The van der Waals surface area contributed by atoms with E-state index in [2.05, 4.69) is 15.4 Å². The van der Waals surface area contributed by atoms with Gasteiger partial charge >= 0.3 is 0 Å². The third-order valence-electron chi connectivity index (χ3n) is 3.47. The summed E-state index contributed by atoms with van der Waals surface area (Å²) >= 11 is 0. The highest BCUT2D eigenvalue weighted by atomic mass is 16.6. The molecule has 5 heteroatoms. The van der Waals surface area contributed by atoms with E-state index in [0.29, 0.717) is 5.56 Å². The number of hydrogen-bond donors (Lipinski definition) is 1. The fraction of sp³-hybridized carbons (Fsp3) is 0.111. The van der Waals surface area contributed by atoms with Gasteiger partial charge in [-0.15, -0.1) is 0 Å². The lowest BCUT2D eigenvalue weighted by atomic mass is 10.1. The third-order valence-corrected chi connectivity index (χ3v) is 3.47. The van der Waals surface area contributed by atoms with Gasteiger partial charge in [0.1, 0.15) is 0 Å². The number of nitrogens with one attached hydrogen (secondary N) is 1. The summed E-state index contributed by atoms with van der Waals surface area (Å²) in [5, 5.41) is 4.56. The van der Waals surface area contributed by atoms with Crippen molar-refractivity contribution in [1.29, 1.82) is 0 Å². The SMILES string of the molecule is CONC(=O)c1ccc(-n2nc(C)cc2-c2ccccc2)cc1. The molecule has 116 valence electrons. The van der Waals surface area contributed by atoms with Crippen LogP contribution in [0.4, 0.5) is 0 Å². The van der Waals surface area contributed by atoms with Gasteiger partial charge in [0, 0.05) is 11.1 Å². The zero-order valence-electron chi connectivity index (χ0n) is 13.0. The number of benzene rings is 2. The van der Waals surface area contributed by atoms with Crippen LogP contribution in [0.15, 0.2) is 60.7 Å².